The second kappa shape index (κ2) is 32.7. The number of hydrogen-bond acceptors (Lipinski definition) is 28. The van der Waals surface area contributed by atoms with Crippen LogP contribution in [0.25, 0.3) is 21.0 Å². The highest BCUT2D eigenvalue weighted by Gasteiger charge is 2.23. The molecule has 0 unspecified atom stereocenters. The second-order valence-electron chi connectivity index (χ2n) is 18.6. The molecule has 0 aliphatic carbocycles. The van der Waals surface area contributed by atoms with Gasteiger partial charge in [-0.05, 0) is 127 Å². The van der Waals surface area contributed by atoms with Crippen LogP contribution in [-0.2, 0) is 29.9 Å². The molecule has 0 bridgehead atoms. The van der Waals surface area contributed by atoms with E-state index in [4.69, 9.17) is 25.5 Å². The van der Waals surface area contributed by atoms with Gasteiger partial charge >= 0.3 is 29.8 Å². The van der Waals surface area contributed by atoms with Crippen LogP contribution in [0.15, 0.2) is 203 Å². The van der Waals surface area contributed by atoms with Crippen molar-refractivity contribution >= 4 is 151 Å². The molecule has 11 N–H and O–H groups in total. The number of thiazole rings is 1. The first-order valence-corrected chi connectivity index (χ1v) is 36.1. The van der Waals surface area contributed by atoms with Crippen molar-refractivity contribution in [3.63, 3.8) is 0 Å². The average molecular weight is 1490 g/mol. The van der Waals surface area contributed by atoms with Gasteiger partial charge in [0.15, 0.2) is 39.3 Å². The zero-order valence-electron chi connectivity index (χ0n) is 49.5. The fraction of sp³-hybridized carbons (Fsp3) is 0.0741. The minimum atomic E-state index is -3.49. The summed E-state index contributed by atoms with van der Waals surface area (Å²) in [5.74, 6) is -5.73. The summed E-state index contributed by atoms with van der Waals surface area (Å²) in [4.78, 5) is 62.3. The Bertz CT molecular complexity index is 5110. The van der Waals surface area contributed by atoms with E-state index in [9.17, 15) is 49.2 Å². The smallest absolute Gasteiger partial charge is 0.359 e. The molecule has 12 aromatic rings. The molecule has 0 amide bonds. The second-order valence-corrected chi connectivity index (χ2v) is 31.1. The van der Waals surface area contributed by atoms with Crippen molar-refractivity contribution in [1.29, 1.82) is 0 Å². The number of rotatable bonds is 20. The molecule has 97 heavy (non-hydrogen) atoms. The van der Waals surface area contributed by atoms with E-state index in [0.29, 0.717) is 24.7 Å². The molecule has 12 rings (SSSR count). The summed E-state index contributed by atoms with van der Waals surface area (Å²) in [5.41, 5.74) is 0.229. The molecule has 0 spiro atoms. The zero-order valence-corrected chi connectivity index (χ0v) is 56.9. The molecular formula is C54H46N18O16S9. The predicted molar refractivity (Wildman–Crippen MR) is 350 cm³/mol. The third-order valence-electron chi connectivity index (χ3n) is 11.9. The number of nitrogens with one attached hydrogen (secondary N) is 6. The van der Waals surface area contributed by atoms with Gasteiger partial charge in [0.05, 0.1) is 24.9 Å². The molecule has 0 fully saturated rings. The van der Waals surface area contributed by atoms with Gasteiger partial charge < -0.3 is 25.5 Å². The van der Waals surface area contributed by atoms with E-state index < -0.39 is 59.7 Å². The summed E-state index contributed by atoms with van der Waals surface area (Å²) in [7, 11) is -5.98. The highest BCUT2D eigenvalue weighted by molar-refractivity contribution is 8.01. The average Bonchev–Trinajstić information content (AvgIpc) is 1.34. The lowest BCUT2D eigenvalue weighted by Crippen LogP contribution is -2.22. The first-order chi connectivity index (χ1) is 46.1. The molecule has 0 saturated carbocycles. The van der Waals surface area contributed by atoms with Crippen molar-refractivity contribution in [3.05, 3.63) is 168 Å². The number of nitrogens with zero attached hydrogens (tertiary/aromatic N) is 12. The molecule has 6 heterocycles. The Kier molecular flexibility index (Phi) is 24.5. The van der Waals surface area contributed by atoms with E-state index in [2.05, 4.69) is 86.8 Å². The number of sulfonamides is 2. The maximum absolute atomic E-state index is 11.9. The lowest BCUT2D eigenvalue weighted by atomic mass is 10.1. The molecule has 0 aliphatic rings. The minimum Gasteiger partial charge on any atom is -0.476 e. The van der Waals surface area contributed by atoms with Crippen molar-refractivity contribution in [1.82, 2.24) is 91.1 Å². The van der Waals surface area contributed by atoms with E-state index in [1.807, 2.05) is 66.7 Å². The van der Waals surface area contributed by atoms with E-state index in [-0.39, 0.29) is 58.2 Å². The Hall–Kier alpha value is -9.96. The van der Waals surface area contributed by atoms with E-state index in [0.717, 1.165) is 76.1 Å². The lowest BCUT2D eigenvalue weighted by Gasteiger charge is -2.11. The molecule has 0 saturated heterocycles. The Balaban J connectivity index is 0.000000155. The standard InChI is InChI=1S/C13H9N3O2S.C11H12N4O4S2.C10H10N4O4S2.C10H6N4O2S2.C10H9N3O4S2/c17-13(18)11-12(15-16-14-11)19-10-6-5-8-3-1-2-4-9(8)7-10;1-15(2)21(18,19)8-5-3-7(4-6-8)20-10-9(11(16)17)12-14-13-10;1-11-20(17,18)7-4-2-6(3-5-7)19-9-8(10(15)16)12-14-13-9;15-9(16)7-8(13-14-12-7)18-10-11-5-3-1-2-4-6(5)17-10;1-19(16,17)7-4-2-6(3-5-7)18-9-8(10(14)15)11-13-12-9/h1-7H,(H,17,18)(H,14,15,16);3-6H,1-2H3,(H,16,17)(H,12,13,14);2-5,11H,1H3,(H,15,16)(H,12,13,14);1-4H,(H,15,16)(H,12,13,14);2-5H,1H3,(H,14,15)(H,11,12,13). The van der Waals surface area contributed by atoms with E-state index in [1.165, 1.54) is 92.4 Å². The number of aromatic carboxylic acids is 5. The van der Waals surface area contributed by atoms with Gasteiger partial charge in [0.1, 0.15) is 0 Å². The Morgan fingerprint density at radius 3 is 1.13 bits per heavy atom. The van der Waals surface area contributed by atoms with Gasteiger partial charge in [-0.3, -0.25) is 0 Å². The van der Waals surface area contributed by atoms with E-state index >= 15 is 0 Å². The number of aromatic nitrogens is 16. The van der Waals surface area contributed by atoms with Crippen molar-refractivity contribution in [2.45, 2.75) is 63.7 Å². The Labute approximate surface area is 571 Å². The van der Waals surface area contributed by atoms with Crippen LogP contribution in [0.4, 0.5) is 0 Å². The van der Waals surface area contributed by atoms with Crippen LogP contribution in [0.5, 0.6) is 0 Å². The third-order valence-corrected chi connectivity index (χ3v) is 22.3. The van der Waals surface area contributed by atoms with Crippen LogP contribution in [0.1, 0.15) is 52.4 Å². The predicted octanol–water partition coefficient (Wildman–Crippen LogP) is 7.60. The van der Waals surface area contributed by atoms with Gasteiger partial charge in [-0.2, -0.15) is 26.1 Å². The van der Waals surface area contributed by atoms with Gasteiger partial charge in [-0.25, -0.2) is 63.2 Å². The topological polar surface area (TPSA) is 525 Å². The van der Waals surface area contributed by atoms with Crippen LogP contribution in [0, 0.1) is 0 Å². The Morgan fingerprint density at radius 1 is 0.423 bits per heavy atom. The molecule has 502 valence electrons. The van der Waals surface area contributed by atoms with Gasteiger partial charge in [0, 0.05) is 39.9 Å². The van der Waals surface area contributed by atoms with Crippen LogP contribution >= 0.6 is 70.1 Å². The van der Waals surface area contributed by atoms with Crippen LogP contribution in [0.2, 0.25) is 0 Å². The highest BCUT2D eigenvalue weighted by atomic mass is 32.2. The summed E-state index contributed by atoms with van der Waals surface area (Å²) < 4.78 is 74.6. The summed E-state index contributed by atoms with van der Waals surface area (Å²) in [5, 5.41) is 96.2. The quantitative estimate of drug-likeness (QED) is 0.0350. The van der Waals surface area contributed by atoms with Crippen molar-refractivity contribution in [2.75, 3.05) is 27.4 Å². The summed E-state index contributed by atoms with van der Waals surface area (Å²) >= 11 is 7.21. The first-order valence-electron chi connectivity index (χ1n) is 26.4. The fourth-order valence-corrected chi connectivity index (χ4v) is 14.8. The highest BCUT2D eigenvalue weighted by Crippen LogP contribution is 2.36. The minimum absolute atomic E-state index is 0.0573. The van der Waals surface area contributed by atoms with Gasteiger partial charge in [-0.15, -0.1) is 62.3 Å². The molecule has 34 nitrogen and oxygen atoms in total. The number of benzene rings is 6. The SMILES string of the molecule is CN(C)S(=O)(=O)c1ccc(Sc2n[nH]nc2C(=O)O)cc1.CNS(=O)(=O)c1ccc(Sc2n[nH]nc2C(=O)O)cc1.CS(=O)(=O)c1ccc(Sc2n[nH]nc2C(=O)O)cc1.O=C(O)c1n[nH]nc1Sc1ccc2ccccc2c1.O=C(O)c1n[nH]nc1Sc1nc2ccccc2s1. The maximum Gasteiger partial charge on any atom is 0.359 e. The zero-order chi connectivity index (χ0) is 70.2. The summed E-state index contributed by atoms with van der Waals surface area (Å²) in [6.45, 7) is 0. The summed E-state index contributed by atoms with van der Waals surface area (Å²) in [6.07, 6.45) is 1.12. The van der Waals surface area contributed by atoms with Crippen molar-refractivity contribution < 1.29 is 74.8 Å². The normalized spacial score (nSPS) is 11.3. The van der Waals surface area contributed by atoms with Crippen LogP contribution in [0.3, 0.4) is 0 Å². The van der Waals surface area contributed by atoms with E-state index in [1.54, 1.807) is 36.4 Å². The molecule has 0 radical (unpaired) electrons. The summed E-state index contributed by atoms with van der Waals surface area (Å²) in [6, 6.07) is 39.8. The first kappa shape index (κ1) is 72.9. The number of carbonyl (C=O) groups is 5. The largest absolute Gasteiger partial charge is 0.476 e. The third kappa shape index (κ3) is 19.6. The number of aromatic amines is 5. The maximum atomic E-state index is 11.9. The molecule has 43 heteroatoms. The van der Waals surface area contributed by atoms with Crippen LogP contribution in [-0.4, -0.2) is 194 Å². The molecular weight excluding hydrogens is 1450 g/mol. The lowest BCUT2D eigenvalue weighted by molar-refractivity contribution is 0.0676. The number of carboxylic acids is 5. The molecule has 0 atom stereocenters. The number of fused-ring (bicyclic) bond motifs is 2. The van der Waals surface area contributed by atoms with Crippen molar-refractivity contribution in [3.8, 4) is 0 Å². The molecule has 0 aliphatic heterocycles. The van der Waals surface area contributed by atoms with Gasteiger partial charge in [-0.1, -0.05) is 89.5 Å². The van der Waals surface area contributed by atoms with Crippen LogP contribution < -0.4 is 4.72 Å². The number of carboxylic acid groups (broad SMARTS) is 5. The number of sulfone groups is 1. The van der Waals surface area contributed by atoms with Crippen molar-refractivity contribution in [2.24, 2.45) is 0 Å². The Morgan fingerprint density at radius 2 is 0.763 bits per heavy atom. The molecule has 6 aromatic carbocycles. The monoisotopic (exact) mass is 1490 g/mol. The number of hydrogen-bond donors (Lipinski definition) is 11. The van der Waals surface area contributed by atoms with Gasteiger partial charge in [0.25, 0.3) is 0 Å². The molecule has 6 aromatic heterocycles. The fourth-order valence-electron chi connectivity index (χ4n) is 7.26. The number of H-pyrrole nitrogens is 5. The van der Waals surface area contributed by atoms with Gasteiger partial charge in [0.2, 0.25) is 48.5 Å². The number of para-hydroxylation sites is 1.